The van der Waals surface area contributed by atoms with Crippen molar-refractivity contribution in [2.24, 2.45) is 52.3 Å². The predicted molar refractivity (Wildman–Crippen MR) is 287 cm³/mol. The van der Waals surface area contributed by atoms with Gasteiger partial charge < -0.3 is 20.3 Å². The van der Waals surface area contributed by atoms with E-state index >= 15 is 0 Å². The molecule has 0 aliphatic heterocycles. The minimum Gasteiger partial charge on any atom is -0.462 e. The fourth-order valence-corrected chi connectivity index (χ4v) is 13.2. The third kappa shape index (κ3) is 19.3. The van der Waals surface area contributed by atoms with Crippen LogP contribution in [-0.2, 0) is 19.1 Å². The van der Waals surface area contributed by atoms with Crippen LogP contribution in [0.4, 0.5) is 0 Å². The Morgan fingerprint density at radius 1 is 0.721 bits per heavy atom. The number of unbranched alkanes of at least 4 members (excludes halogenated alkanes) is 5. The number of rotatable bonds is 33. The monoisotopic (exact) mass is 942 g/mol. The van der Waals surface area contributed by atoms with Crippen molar-refractivity contribution in [1.29, 1.82) is 0 Å². The van der Waals surface area contributed by atoms with Crippen LogP contribution in [0.5, 0.6) is 0 Å². The highest BCUT2D eigenvalue weighted by molar-refractivity contribution is 5.78. The number of amides is 2. The zero-order valence-corrected chi connectivity index (χ0v) is 45.1. The summed E-state index contributed by atoms with van der Waals surface area (Å²) in [7, 11) is 4.11. The average Bonchev–Trinajstić information content (AvgIpc) is 3.66. The van der Waals surface area contributed by atoms with Crippen molar-refractivity contribution in [2.75, 3.05) is 33.7 Å². The molecule has 0 radical (unpaired) electrons. The van der Waals surface area contributed by atoms with Gasteiger partial charge in [0.1, 0.15) is 6.10 Å². The molecule has 7 nitrogen and oxygen atoms in total. The molecule has 9 unspecified atom stereocenters. The third-order valence-electron chi connectivity index (χ3n) is 17.3. The quantitative estimate of drug-likeness (QED) is 0.0389. The van der Waals surface area contributed by atoms with Crippen LogP contribution in [0.3, 0.4) is 0 Å². The van der Waals surface area contributed by atoms with Gasteiger partial charge in [-0.25, -0.2) is 0 Å². The summed E-state index contributed by atoms with van der Waals surface area (Å²) in [5.74, 6) is 5.19. The van der Waals surface area contributed by atoms with Crippen LogP contribution in [0.15, 0.2) is 60.3 Å². The molecule has 3 fully saturated rings. The minimum atomic E-state index is -0.0448. The summed E-state index contributed by atoms with van der Waals surface area (Å²) in [4.78, 5) is 40.9. The van der Waals surface area contributed by atoms with Crippen molar-refractivity contribution >= 4 is 17.8 Å². The van der Waals surface area contributed by atoms with Gasteiger partial charge in [-0.2, -0.15) is 0 Å². The summed E-state index contributed by atoms with van der Waals surface area (Å²) in [5, 5.41) is 6.24. The number of esters is 1. The van der Waals surface area contributed by atoms with Crippen molar-refractivity contribution in [3.63, 3.8) is 0 Å². The summed E-state index contributed by atoms with van der Waals surface area (Å²) >= 11 is 0. The second-order valence-electron chi connectivity index (χ2n) is 23.1. The van der Waals surface area contributed by atoms with Gasteiger partial charge in [0.2, 0.25) is 11.8 Å². The van der Waals surface area contributed by atoms with E-state index in [1.165, 1.54) is 51.4 Å². The molecule has 386 valence electrons. The number of nitrogens with one attached hydrogen (secondary N) is 2. The van der Waals surface area contributed by atoms with Gasteiger partial charge in [0.25, 0.3) is 0 Å². The van der Waals surface area contributed by atoms with Gasteiger partial charge in [-0.15, -0.1) is 0 Å². The summed E-state index contributed by atoms with van der Waals surface area (Å²) in [5.41, 5.74) is 2.36. The molecule has 9 atom stereocenters. The van der Waals surface area contributed by atoms with Crippen LogP contribution in [0.2, 0.25) is 0 Å². The molecule has 2 N–H and O–H groups in total. The molecule has 7 heteroatoms. The Labute approximate surface area is 418 Å². The lowest BCUT2D eigenvalue weighted by molar-refractivity contribution is -0.151. The van der Waals surface area contributed by atoms with Gasteiger partial charge in [-0.3, -0.25) is 14.4 Å². The van der Waals surface area contributed by atoms with E-state index in [4.69, 9.17) is 4.74 Å². The number of ether oxygens (including phenoxy) is 1. The fourth-order valence-electron chi connectivity index (χ4n) is 13.2. The van der Waals surface area contributed by atoms with E-state index in [2.05, 4.69) is 126 Å². The van der Waals surface area contributed by atoms with Crippen LogP contribution < -0.4 is 10.6 Å². The van der Waals surface area contributed by atoms with Crippen LogP contribution in [0.25, 0.3) is 0 Å². The normalized spacial score (nSPS) is 26.9. The number of fused-ring (bicyclic) bond motifs is 5. The van der Waals surface area contributed by atoms with Crippen molar-refractivity contribution in [2.45, 2.75) is 221 Å². The molecule has 0 aromatic rings. The summed E-state index contributed by atoms with van der Waals surface area (Å²) in [6.45, 7) is 16.9. The molecule has 0 aromatic carbocycles. The highest BCUT2D eigenvalue weighted by atomic mass is 16.5. The molecule has 0 heterocycles. The Kier molecular flexibility index (Phi) is 26.6. The summed E-state index contributed by atoms with van der Waals surface area (Å²) in [6, 6.07) is 0. The molecule has 4 rings (SSSR count). The van der Waals surface area contributed by atoms with Gasteiger partial charge >= 0.3 is 5.97 Å². The van der Waals surface area contributed by atoms with Crippen LogP contribution >= 0.6 is 0 Å². The molecule has 0 aromatic heterocycles. The number of hydrogen-bond acceptors (Lipinski definition) is 5. The maximum Gasteiger partial charge on any atom is 0.306 e. The topological polar surface area (TPSA) is 87.7 Å². The molecule has 4 aliphatic rings. The fraction of sp³-hybridized carbons (Fsp3) is 0.787. The molecular weight excluding hydrogens is 839 g/mol. The molecule has 2 amide bonds. The molecule has 68 heavy (non-hydrogen) atoms. The second kappa shape index (κ2) is 31.4. The van der Waals surface area contributed by atoms with Crippen LogP contribution in [0, 0.1) is 52.3 Å². The first kappa shape index (κ1) is 57.6. The Morgan fingerprint density at radius 2 is 1.41 bits per heavy atom. The van der Waals surface area contributed by atoms with Gasteiger partial charge in [0.15, 0.2) is 0 Å². The number of hydrogen-bond donors (Lipinski definition) is 2. The maximum atomic E-state index is 13.3. The smallest absolute Gasteiger partial charge is 0.306 e. The lowest BCUT2D eigenvalue weighted by Crippen LogP contribution is -2.51. The Balaban J connectivity index is 1.05. The Morgan fingerprint density at radius 3 is 2.12 bits per heavy atom. The second-order valence-corrected chi connectivity index (χ2v) is 23.1. The zero-order chi connectivity index (χ0) is 49.2. The third-order valence-corrected chi connectivity index (χ3v) is 17.3. The average molecular weight is 943 g/mol. The molecule has 0 saturated heterocycles. The van der Waals surface area contributed by atoms with E-state index in [0.717, 1.165) is 151 Å². The molecule has 3 saturated carbocycles. The van der Waals surface area contributed by atoms with Gasteiger partial charge in [-0.1, -0.05) is 134 Å². The van der Waals surface area contributed by atoms with E-state index < -0.39 is 0 Å². The first-order valence-electron chi connectivity index (χ1n) is 28.5. The lowest BCUT2D eigenvalue weighted by atomic mass is 9.47. The Bertz CT molecular complexity index is 1630. The summed E-state index contributed by atoms with van der Waals surface area (Å²) in [6.07, 6.45) is 48.5. The van der Waals surface area contributed by atoms with E-state index in [1.807, 2.05) is 0 Å². The SMILES string of the molecule is CC/C=C/C/C=C/C/C=C/C/C=C/CCCCC(=O)NCCCCNC(=O)C(CCCCCC(=O)OC1CCC2(C)C(=CCC3C2CCC2(C)C(C(C)CCCC(C)C)CCC32)C1)CCN(C)C. The van der Waals surface area contributed by atoms with Crippen molar-refractivity contribution < 1.29 is 19.1 Å². The molecule has 0 bridgehead atoms. The van der Waals surface area contributed by atoms with Crippen molar-refractivity contribution in [3.05, 3.63) is 60.3 Å². The van der Waals surface area contributed by atoms with Crippen LogP contribution in [0.1, 0.15) is 215 Å². The standard InChI is InChI=1S/C61H103N3O4/c1-9-10-11-12-13-14-15-16-17-18-19-20-21-22-25-33-57(65)62-44-27-28-45-63-59(67)50(41-46-64(7)8)32-24-23-26-34-58(66)68-52-39-42-60(5)51(47-52)35-36-53-55-38-37-54(49(4)31-29-30-48(2)3)61(55,6)43-40-56(53)60/h10-11,13-14,16-17,19-20,35,48-50,52-56H,9,12,15,18,21-34,36-47H2,1-8H3,(H,62,65)(H,63,67)/b11-10+,14-13+,17-16+,20-19+. The van der Waals surface area contributed by atoms with E-state index in [9.17, 15) is 14.4 Å². The maximum absolute atomic E-state index is 13.3. The van der Waals surface area contributed by atoms with Crippen molar-refractivity contribution in [3.8, 4) is 0 Å². The zero-order valence-electron chi connectivity index (χ0n) is 45.1. The minimum absolute atomic E-state index is 0.0163. The highest BCUT2D eigenvalue weighted by Gasteiger charge is 2.59. The highest BCUT2D eigenvalue weighted by Crippen LogP contribution is 2.67. The predicted octanol–water partition coefficient (Wildman–Crippen LogP) is 14.8. The number of carbonyl (C=O) groups is 3. The largest absolute Gasteiger partial charge is 0.462 e. The van der Waals surface area contributed by atoms with Gasteiger partial charge in [-0.05, 0) is 189 Å². The molecular formula is C61H103N3O4. The van der Waals surface area contributed by atoms with E-state index in [0.29, 0.717) is 31.3 Å². The number of nitrogens with zero attached hydrogens (tertiary/aromatic N) is 1. The van der Waals surface area contributed by atoms with Gasteiger partial charge in [0.05, 0.1) is 0 Å². The van der Waals surface area contributed by atoms with Gasteiger partial charge in [0, 0.05) is 38.3 Å². The van der Waals surface area contributed by atoms with E-state index in [1.54, 1.807) is 5.57 Å². The Hall–Kier alpha value is -2.93. The lowest BCUT2D eigenvalue weighted by Gasteiger charge is -2.58. The first-order chi connectivity index (χ1) is 32.8. The first-order valence-corrected chi connectivity index (χ1v) is 28.5. The number of allylic oxidation sites excluding steroid dienone is 9. The molecule has 0 spiro atoms. The summed E-state index contributed by atoms with van der Waals surface area (Å²) < 4.78 is 6.19. The van der Waals surface area contributed by atoms with Crippen LogP contribution in [-0.4, -0.2) is 62.5 Å². The van der Waals surface area contributed by atoms with E-state index in [-0.39, 0.29) is 35.2 Å². The number of carbonyl (C=O) groups excluding carboxylic acids is 3. The molecule has 4 aliphatic carbocycles. The van der Waals surface area contributed by atoms with Crippen molar-refractivity contribution in [1.82, 2.24) is 15.5 Å².